The second-order valence-electron chi connectivity index (χ2n) is 4.37. The minimum absolute atomic E-state index is 0.0948. The fourth-order valence-corrected chi connectivity index (χ4v) is 2.89. The molecule has 6 heteroatoms. The fourth-order valence-electron chi connectivity index (χ4n) is 1.65. The Morgan fingerprint density at radius 1 is 1.20 bits per heavy atom. The second kappa shape index (κ2) is 5.91. The molecule has 2 rings (SSSR count). The Kier molecular flexibility index (Phi) is 4.42. The quantitative estimate of drug-likeness (QED) is 0.941. The van der Waals surface area contributed by atoms with Gasteiger partial charge in [-0.15, -0.1) is 0 Å². The van der Waals surface area contributed by atoms with E-state index in [9.17, 15) is 12.8 Å². The number of halogens is 2. The molecule has 0 bridgehead atoms. The molecule has 0 heterocycles. The summed E-state index contributed by atoms with van der Waals surface area (Å²) in [6.45, 7) is 1.67. The van der Waals surface area contributed by atoms with Crippen molar-refractivity contribution in [3.05, 3.63) is 64.4 Å². The van der Waals surface area contributed by atoms with Crippen LogP contribution in [0.1, 0.15) is 11.1 Å². The van der Waals surface area contributed by atoms with Crippen molar-refractivity contribution in [3.8, 4) is 0 Å². The van der Waals surface area contributed by atoms with Crippen molar-refractivity contribution in [2.45, 2.75) is 18.4 Å². The zero-order chi connectivity index (χ0) is 14.8. The lowest BCUT2D eigenvalue weighted by atomic mass is 10.2. The fraction of sp³-hybridized carbons (Fsp3) is 0.143. The Hall–Kier alpha value is -1.43. The Balaban J connectivity index is 2.17. The molecule has 1 N–H and O–H groups in total. The third kappa shape index (κ3) is 3.56. The number of nitrogens with one attached hydrogen (secondary N) is 1. The molecule has 0 saturated heterocycles. The van der Waals surface area contributed by atoms with Crippen LogP contribution in [0.5, 0.6) is 0 Å². The van der Waals surface area contributed by atoms with Crippen molar-refractivity contribution in [2.75, 3.05) is 0 Å². The van der Waals surface area contributed by atoms with E-state index in [1.54, 1.807) is 31.2 Å². The standard InChI is InChI=1S/C14H13ClFNO2S/c1-10-5-6-13(8-14(10)16)20(18,19)17-9-11-3-2-4-12(15)7-11/h2-8,17H,9H2,1H3. The lowest BCUT2D eigenvalue weighted by Gasteiger charge is -2.08. The van der Waals surface area contributed by atoms with Gasteiger partial charge in [-0.25, -0.2) is 17.5 Å². The normalized spacial score (nSPS) is 11.6. The summed E-state index contributed by atoms with van der Waals surface area (Å²) in [5.74, 6) is -0.546. The van der Waals surface area contributed by atoms with Crippen LogP contribution in [0.15, 0.2) is 47.4 Å². The van der Waals surface area contributed by atoms with E-state index < -0.39 is 15.8 Å². The molecule has 2 aromatic carbocycles. The lowest BCUT2D eigenvalue weighted by Crippen LogP contribution is -2.23. The maximum atomic E-state index is 13.4. The van der Waals surface area contributed by atoms with Gasteiger partial charge in [0.15, 0.2) is 0 Å². The maximum absolute atomic E-state index is 13.4. The highest BCUT2D eigenvalue weighted by molar-refractivity contribution is 7.89. The molecule has 0 aromatic heterocycles. The second-order valence-corrected chi connectivity index (χ2v) is 6.57. The minimum atomic E-state index is -3.74. The molecule has 0 fully saturated rings. The van der Waals surface area contributed by atoms with E-state index in [4.69, 9.17) is 11.6 Å². The lowest BCUT2D eigenvalue weighted by molar-refractivity contribution is 0.576. The van der Waals surface area contributed by atoms with Gasteiger partial charge in [-0.3, -0.25) is 0 Å². The van der Waals surface area contributed by atoms with Crippen LogP contribution >= 0.6 is 11.6 Å². The Labute approximate surface area is 122 Å². The molecule has 0 radical (unpaired) electrons. The summed E-state index contributed by atoms with van der Waals surface area (Å²) < 4.78 is 39.9. The van der Waals surface area contributed by atoms with E-state index >= 15 is 0 Å². The predicted molar refractivity (Wildman–Crippen MR) is 76.6 cm³/mol. The first-order valence-corrected chi connectivity index (χ1v) is 7.75. The first-order chi connectivity index (χ1) is 9.38. The van der Waals surface area contributed by atoms with Crippen molar-refractivity contribution in [2.24, 2.45) is 0 Å². The van der Waals surface area contributed by atoms with Crippen LogP contribution in [0.2, 0.25) is 5.02 Å². The summed E-state index contributed by atoms with van der Waals surface area (Å²) in [5, 5.41) is 0.531. The first-order valence-electron chi connectivity index (χ1n) is 5.89. The molecule has 106 valence electrons. The van der Waals surface area contributed by atoms with Gasteiger partial charge in [-0.1, -0.05) is 29.8 Å². The minimum Gasteiger partial charge on any atom is -0.207 e. The van der Waals surface area contributed by atoms with Gasteiger partial charge in [0.1, 0.15) is 5.82 Å². The van der Waals surface area contributed by atoms with E-state index in [0.717, 1.165) is 11.6 Å². The first kappa shape index (κ1) is 15.0. The van der Waals surface area contributed by atoms with Crippen molar-refractivity contribution in [3.63, 3.8) is 0 Å². The topological polar surface area (TPSA) is 46.2 Å². The molecule has 0 aliphatic carbocycles. The Morgan fingerprint density at radius 3 is 2.60 bits per heavy atom. The highest BCUT2D eigenvalue weighted by Gasteiger charge is 2.15. The van der Waals surface area contributed by atoms with Crippen molar-refractivity contribution >= 4 is 21.6 Å². The number of hydrogen-bond acceptors (Lipinski definition) is 2. The Bertz CT molecular complexity index is 732. The molecule has 0 saturated carbocycles. The third-order valence-corrected chi connectivity index (χ3v) is 4.44. The summed E-state index contributed by atoms with van der Waals surface area (Å²) >= 11 is 5.82. The van der Waals surface area contributed by atoms with Crippen molar-refractivity contribution in [1.82, 2.24) is 4.72 Å². The number of rotatable bonds is 4. The van der Waals surface area contributed by atoms with Gasteiger partial charge in [0, 0.05) is 11.6 Å². The Morgan fingerprint density at radius 2 is 1.95 bits per heavy atom. The van der Waals surface area contributed by atoms with Crippen molar-refractivity contribution < 1.29 is 12.8 Å². The average molecular weight is 314 g/mol. The molecule has 20 heavy (non-hydrogen) atoms. The van der Waals surface area contributed by atoms with Crippen LogP contribution in [-0.2, 0) is 16.6 Å². The van der Waals surface area contributed by atoms with E-state index in [1.165, 1.54) is 12.1 Å². The van der Waals surface area contributed by atoms with Gasteiger partial charge in [0.2, 0.25) is 10.0 Å². The van der Waals surface area contributed by atoms with Crippen LogP contribution < -0.4 is 4.72 Å². The molecular formula is C14H13ClFNO2S. The monoisotopic (exact) mass is 313 g/mol. The highest BCUT2D eigenvalue weighted by Crippen LogP contribution is 2.15. The van der Waals surface area contributed by atoms with Crippen LogP contribution in [0.3, 0.4) is 0 Å². The molecule has 0 unspecified atom stereocenters. The third-order valence-electron chi connectivity index (χ3n) is 2.81. The smallest absolute Gasteiger partial charge is 0.207 e. The summed E-state index contributed by atoms with van der Waals surface area (Å²) in [6, 6.07) is 10.7. The molecule has 0 aliphatic rings. The number of sulfonamides is 1. The largest absolute Gasteiger partial charge is 0.240 e. The van der Waals surface area contributed by atoms with Gasteiger partial charge >= 0.3 is 0 Å². The van der Waals surface area contributed by atoms with E-state index in [0.29, 0.717) is 10.6 Å². The average Bonchev–Trinajstić information content (AvgIpc) is 2.40. The molecule has 0 aliphatic heterocycles. The van der Waals surface area contributed by atoms with Crippen LogP contribution in [0.25, 0.3) is 0 Å². The molecule has 3 nitrogen and oxygen atoms in total. The van der Waals surface area contributed by atoms with Crippen LogP contribution in [0, 0.1) is 12.7 Å². The van der Waals surface area contributed by atoms with Crippen LogP contribution in [-0.4, -0.2) is 8.42 Å². The summed E-state index contributed by atoms with van der Waals surface area (Å²) in [7, 11) is -3.74. The molecule has 2 aromatic rings. The molecule has 0 atom stereocenters. The zero-order valence-electron chi connectivity index (χ0n) is 10.7. The maximum Gasteiger partial charge on any atom is 0.240 e. The summed E-state index contributed by atoms with van der Waals surface area (Å²) in [6.07, 6.45) is 0. The van der Waals surface area contributed by atoms with Gasteiger partial charge in [-0.2, -0.15) is 0 Å². The van der Waals surface area contributed by atoms with E-state index in [-0.39, 0.29) is 11.4 Å². The molecule has 0 amide bonds. The number of benzene rings is 2. The number of aryl methyl sites for hydroxylation is 1. The predicted octanol–water partition coefficient (Wildman–Crippen LogP) is 3.27. The molecular weight excluding hydrogens is 301 g/mol. The van der Waals surface area contributed by atoms with Crippen molar-refractivity contribution in [1.29, 1.82) is 0 Å². The van der Waals surface area contributed by atoms with E-state index in [2.05, 4.69) is 4.72 Å². The van der Waals surface area contributed by atoms with Crippen LogP contribution in [0.4, 0.5) is 4.39 Å². The highest BCUT2D eigenvalue weighted by atomic mass is 35.5. The zero-order valence-corrected chi connectivity index (χ0v) is 12.3. The van der Waals surface area contributed by atoms with Gasteiger partial charge in [0.25, 0.3) is 0 Å². The van der Waals surface area contributed by atoms with Gasteiger partial charge in [-0.05, 0) is 42.3 Å². The summed E-state index contributed by atoms with van der Waals surface area (Å²) in [5.41, 5.74) is 1.13. The SMILES string of the molecule is Cc1ccc(S(=O)(=O)NCc2cccc(Cl)c2)cc1F. The summed E-state index contributed by atoms with van der Waals surface area (Å²) in [4.78, 5) is -0.0948. The van der Waals surface area contributed by atoms with E-state index in [1.807, 2.05) is 0 Å². The molecule has 0 spiro atoms. The number of hydrogen-bond donors (Lipinski definition) is 1. The van der Waals surface area contributed by atoms with Gasteiger partial charge < -0.3 is 0 Å². The van der Waals surface area contributed by atoms with Gasteiger partial charge in [0.05, 0.1) is 4.90 Å².